The van der Waals surface area contributed by atoms with Gasteiger partial charge in [-0.2, -0.15) is 0 Å². The van der Waals surface area contributed by atoms with Crippen LogP contribution in [0.3, 0.4) is 0 Å². The van der Waals surface area contributed by atoms with Gasteiger partial charge in [0.25, 0.3) is 0 Å². The Bertz CT molecular complexity index is 530. The molecule has 0 atom stereocenters. The molecular weight excluding hydrogens is 216 g/mol. The Morgan fingerprint density at radius 3 is 2.24 bits per heavy atom. The Morgan fingerprint density at radius 1 is 1.06 bits per heavy atom. The van der Waals surface area contributed by atoms with Gasteiger partial charge in [0.15, 0.2) is 11.5 Å². The predicted molar refractivity (Wildman–Crippen MR) is 65.5 cm³/mol. The van der Waals surface area contributed by atoms with Gasteiger partial charge in [-0.25, -0.2) is 0 Å². The number of aromatic hydroxyl groups is 1. The lowest BCUT2D eigenvalue weighted by molar-refractivity contribution is 0.112. The molecule has 0 radical (unpaired) electrons. The van der Waals surface area contributed by atoms with E-state index >= 15 is 0 Å². The molecule has 0 heterocycles. The molecule has 0 saturated heterocycles. The Balaban J connectivity index is 2.38. The van der Waals surface area contributed by atoms with Gasteiger partial charge in [-0.1, -0.05) is 30.3 Å². The average molecular weight is 228 g/mol. The van der Waals surface area contributed by atoms with E-state index in [0.29, 0.717) is 11.3 Å². The van der Waals surface area contributed by atoms with Crippen molar-refractivity contribution in [2.75, 3.05) is 7.11 Å². The molecule has 0 aliphatic rings. The van der Waals surface area contributed by atoms with Gasteiger partial charge in [0.1, 0.15) is 6.29 Å². The van der Waals surface area contributed by atoms with Gasteiger partial charge < -0.3 is 9.84 Å². The van der Waals surface area contributed by atoms with Crippen molar-refractivity contribution in [3.05, 3.63) is 48.0 Å². The minimum atomic E-state index is 0.101. The van der Waals surface area contributed by atoms with Crippen LogP contribution in [0.2, 0.25) is 0 Å². The highest BCUT2D eigenvalue weighted by Gasteiger charge is 2.04. The number of hydrogen-bond donors (Lipinski definition) is 1. The number of carbonyl (C=O) groups excluding carboxylic acids is 1. The summed E-state index contributed by atoms with van der Waals surface area (Å²) in [6.45, 7) is 0. The Labute approximate surface area is 99.3 Å². The fourth-order valence-corrected chi connectivity index (χ4v) is 1.62. The number of benzene rings is 2. The largest absolute Gasteiger partial charge is 0.504 e. The lowest BCUT2D eigenvalue weighted by Gasteiger charge is -2.06. The summed E-state index contributed by atoms with van der Waals surface area (Å²) in [5.41, 5.74) is 2.45. The molecule has 2 aromatic carbocycles. The zero-order valence-corrected chi connectivity index (χ0v) is 9.38. The van der Waals surface area contributed by atoms with Crippen molar-refractivity contribution >= 4 is 6.29 Å². The Kier molecular flexibility index (Phi) is 3.10. The maximum Gasteiger partial charge on any atom is 0.160 e. The zero-order valence-electron chi connectivity index (χ0n) is 9.38. The van der Waals surface area contributed by atoms with Gasteiger partial charge in [-0.3, -0.25) is 4.79 Å². The number of rotatable bonds is 3. The van der Waals surface area contributed by atoms with Crippen LogP contribution >= 0.6 is 0 Å². The lowest BCUT2D eigenvalue weighted by atomic mass is 10.0. The molecule has 3 nitrogen and oxygen atoms in total. The average Bonchev–Trinajstić information content (AvgIpc) is 2.39. The molecule has 86 valence electrons. The van der Waals surface area contributed by atoms with Crippen molar-refractivity contribution in [3.63, 3.8) is 0 Å². The first-order valence-electron chi connectivity index (χ1n) is 5.17. The van der Waals surface area contributed by atoms with Crippen LogP contribution in [0.1, 0.15) is 10.4 Å². The van der Waals surface area contributed by atoms with Crippen LogP contribution in [0.15, 0.2) is 42.5 Å². The Hall–Kier alpha value is -2.29. The number of aldehydes is 1. The van der Waals surface area contributed by atoms with E-state index in [-0.39, 0.29) is 5.75 Å². The van der Waals surface area contributed by atoms with E-state index in [9.17, 15) is 9.90 Å². The third kappa shape index (κ3) is 2.28. The Morgan fingerprint density at radius 2 is 1.71 bits per heavy atom. The van der Waals surface area contributed by atoms with Gasteiger partial charge in [0.2, 0.25) is 0 Å². The van der Waals surface area contributed by atoms with Crippen molar-refractivity contribution in [1.82, 2.24) is 0 Å². The molecule has 0 aliphatic carbocycles. The van der Waals surface area contributed by atoms with Gasteiger partial charge >= 0.3 is 0 Å². The normalized spacial score (nSPS) is 9.94. The van der Waals surface area contributed by atoms with E-state index in [1.807, 2.05) is 18.2 Å². The van der Waals surface area contributed by atoms with E-state index < -0.39 is 0 Å². The molecule has 0 aromatic heterocycles. The number of phenolic OH excluding ortho intramolecular Hbond substituents is 1. The molecule has 1 N–H and O–H groups in total. The maximum atomic E-state index is 10.5. The standard InChI is InChI=1S/C14H12O3/c1-17-14-7-6-12(8-13(14)16)11-4-2-10(9-15)3-5-11/h2-9,16H,1H3. The van der Waals surface area contributed by atoms with Crippen LogP contribution in [0.4, 0.5) is 0 Å². The second-order valence-corrected chi connectivity index (χ2v) is 3.63. The second-order valence-electron chi connectivity index (χ2n) is 3.63. The number of methoxy groups -OCH3 is 1. The number of phenols is 1. The third-order valence-electron chi connectivity index (χ3n) is 2.56. The molecule has 0 unspecified atom stereocenters. The van der Waals surface area contributed by atoms with Crippen LogP contribution in [-0.2, 0) is 0 Å². The molecule has 2 rings (SSSR count). The van der Waals surface area contributed by atoms with Crippen molar-refractivity contribution in [3.8, 4) is 22.6 Å². The number of ether oxygens (including phenoxy) is 1. The van der Waals surface area contributed by atoms with Crippen LogP contribution < -0.4 is 4.74 Å². The summed E-state index contributed by atoms with van der Waals surface area (Å²) in [4.78, 5) is 10.5. The van der Waals surface area contributed by atoms with Crippen molar-refractivity contribution in [1.29, 1.82) is 0 Å². The summed E-state index contributed by atoms with van der Waals surface area (Å²) in [6.07, 6.45) is 0.801. The third-order valence-corrected chi connectivity index (χ3v) is 2.56. The highest BCUT2D eigenvalue weighted by molar-refractivity contribution is 5.77. The first-order valence-corrected chi connectivity index (χ1v) is 5.17. The minimum Gasteiger partial charge on any atom is -0.504 e. The summed E-state index contributed by atoms with van der Waals surface area (Å²) < 4.78 is 4.98. The van der Waals surface area contributed by atoms with Crippen LogP contribution in [0, 0.1) is 0 Å². The van der Waals surface area contributed by atoms with E-state index in [0.717, 1.165) is 17.4 Å². The van der Waals surface area contributed by atoms with Gasteiger partial charge in [-0.05, 0) is 23.3 Å². The van der Waals surface area contributed by atoms with Crippen molar-refractivity contribution in [2.45, 2.75) is 0 Å². The molecule has 3 heteroatoms. The topological polar surface area (TPSA) is 46.5 Å². The SMILES string of the molecule is COc1ccc(-c2ccc(C=O)cc2)cc1O. The summed E-state index contributed by atoms with van der Waals surface area (Å²) in [7, 11) is 1.51. The van der Waals surface area contributed by atoms with Crippen LogP contribution in [-0.4, -0.2) is 18.5 Å². The van der Waals surface area contributed by atoms with Crippen molar-refractivity contribution < 1.29 is 14.6 Å². The van der Waals surface area contributed by atoms with Gasteiger partial charge in [0.05, 0.1) is 7.11 Å². The molecule has 2 aromatic rings. The molecule has 0 saturated carbocycles. The first-order chi connectivity index (χ1) is 8.24. The monoisotopic (exact) mass is 228 g/mol. The number of hydrogen-bond acceptors (Lipinski definition) is 3. The van der Waals surface area contributed by atoms with Crippen LogP contribution in [0.25, 0.3) is 11.1 Å². The highest BCUT2D eigenvalue weighted by atomic mass is 16.5. The number of carbonyl (C=O) groups is 1. The van der Waals surface area contributed by atoms with E-state index in [1.54, 1.807) is 24.3 Å². The quantitative estimate of drug-likeness (QED) is 0.821. The molecule has 17 heavy (non-hydrogen) atoms. The highest BCUT2D eigenvalue weighted by Crippen LogP contribution is 2.31. The molecule has 0 spiro atoms. The summed E-state index contributed by atoms with van der Waals surface area (Å²) in [6, 6.07) is 12.4. The summed E-state index contributed by atoms with van der Waals surface area (Å²) in [5.74, 6) is 0.544. The summed E-state index contributed by atoms with van der Waals surface area (Å²) in [5, 5.41) is 9.67. The molecule has 0 fully saturated rings. The van der Waals surface area contributed by atoms with Gasteiger partial charge in [0, 0.05) is 5.56 Å². The fraction of sp³-hybridized carbons (Fsp3) is 0.0714. The van der Waals surface area contributed by atoms with Crippen LogP contribution in [0.5, 0.6) is 11.5 Å². The van der Waals surface area contributed by atoms with E-state index in [2.05, 4.69) is 0 Å². The summed E-state index contributed by atoms with van der Waals surface area (Å²) >= 11 is 0. The predicted octanol–water partition coefficient (Wildman–Crippen LogP) is 2.88. The lowest BCUT2D eigenvalue weighted by Crippen LogP contribution is -1.85. The van der Waals surface area contributed by atoms with Gasteiger partial charge in [-0.15, -0.1) is 0 Å². The zero-order chi connectivity index (χ0) is 12.3. The second kappa shape index (κ2) is 4.70. The fourth-order valence-electron chi connectivity index (χ4n) is 1.62. The smallest absolute Gasteiger partial charge is 0.160 e. The van der Waals surface area contributed by atoms with Crippen molar-refractivity contribution in [2.24, 2.45) is 0 Å². The maximum absolute atomic E-state index is 10.5. The van der Waals surface area contributed by atoms with E-state index in [1.165, 1.54) is 7.11 Å². The molecule has 0 bridgehead atoms. The molecule has 0 aliphatic heterocycles. The first kappa shape index (κ1) is 11.2. The van der Waals surface area contributed by atoms with E-state index in [4.69, 9.17) is 4.74 Å². The molecular formula is C14H12O3. The molecule has 0 amide bonds. The minimum absolute atomic E-state index is 0.101.